The van der Waals surface area contributed by atoms with Crippen molar-refractivity contribution < 1.29 is 0 Å². The maximum Gasteiger partial charge on any atom is 0.0401 e. The number of nitrogens with zero attached hydrogens (tertiary/aromatic N) is 1. The Morgan fingerprint density at radius 3 is 1.29 bits per heavy atom. The van der Waals surface area contributed by atoms with Crippen LogP contribution in [0.4, 0.5) is 0 Å². The molecule has 1 heterocycles. The van der Waals surface area contributed by atoms with Gasteiger partial charge in [-0.15, -0.1) is 0 Å². The van der Waals surface area contributed by atoms with Crippen LogP contribution in [-0.4, -0.2) is 4.98 Å². The highest BCUT2D eigenvalue weighted by Crippen LogP contribution is 2.03. The standard InChI is InChI=1S/C8H11N.C4H10.2C3H8.C2H6/c1-6-4-7(2)8(3)9-5-6;1-3-4-2;2*1-3-2;1-2/h4-5H,1-3H3;3-4H2,1-2H3;2*3H2,1-2H3;1-2H3. The van der Waals surface area contributed by atoms with Crippen LogP contribution in [0.3, 0.4) is 0 Å². The predicted molar refractivity (Wildman–Crippen MR) is 102 cm³/mol. The average molecular weight is 298 g/mol. The van der Waals surface area contributed by atoms with Gasteiger partial charge in [-0.1, -0.05) is 87.1 Å². The Labute approximate surface area is 136 Å². The van der Waals surface area contributed by atoms with E-state index in [0.29, 0.717) is 0 Å². The molecular weight excluding hydrogens is 254 g/mol. The quantitative estimate of drug-likeness (QED) is 0.518. The van der Waals surface area contributed by atoms with Crippen molar-refractivity contribution in [3.63, 3.8) is 0 Å². The van der Waals surface area contributed by atoms with Crippen LogP contribution in [0.25, 0.3) is 0 Å². The Kier molecular flexibility index (Phi) is 37.1. The van der Waals surface area contributed by atoms with E-state index >= 15 is 0 Å². The number of unbranched alkanes of at least 4 members (excludes halogenated alkanes) is 1. The molecule has 128 valence electrons. The van der Waals surface area contributed by atoms with Gasteiger partial charge >= 0.3 is 0 Å². The number of pyridine rings is 1. The van der Waals surface area contributed by atoms with Gasteiger partial charge in [0.2, 0.25) is 0 Å². The van der Waals surface area contributed by atoms with Crippen molar-refractivity contribution in [2.24, 2.45) is 0 Å². The van der Waals surface area contributed by atoms with E-state index in [4.69, 9.17) is 0 Å². The van der Waals surface area contributed by atoms with Crippen molar-refractivity contribution >= 4 is 0 Å². The van der Waals surface area contributed by atoms with E-state index in [1.54, 1.807) is 0 Å². The molecule has 1 aromatic rings. The van der Waals surface area contributed by atoms with Gasteiger partial charge in [0, 0.05) is 11.9 Å². The van der Waals surface area contributed by atoms with E-state index in [0.717, 1.165) is 5.69 Å². The van der Waals surface area contributed by atoms with Crippen molar-refractivity contribution in [1.29, 1.82) is 0 Å². The summed E-state index contributed by atoms with van der Waals surface area (Å²) in [6, 6.07) is 2.14. The maximum atomic E-state index is 4.18. The zero-order valence-corrected chi connectivity index (χ0v) is 16.9. The highest BCUT2D eigenvalue weighted by atomic mass is 14.7. The highest BCUT2D eigenvalue weighted by Gasteiger charge is 1.90. The lowest BCUT2D eigenvalue weighted by molar-refractivity contribution is 0.886. The molecule has 0 unspecified atom stereocenters. The lowest BCUT2D eigenvalue weighted by Gasteiger charge is -1.97. The van der Waals surface area contributed by atoms with Crippen LogP contribution in [0.5, 0.6) is 0 Å². The van der Waals surface area contributed by atoms with E-state index < -0.39 is 0 Å². The third-order valence-corrected chi connectivity index (χ3v) is 1.98. The van der Waals surface area contributed by atoms with Crippen LogP contribution in [-0.2, 0) is 0 Å². The lowest BCUT2D eigenvalue weighted by Crippen LogP contribution is -1.85. The normalized spacial score (nSPS) is 7.57. The monoisotopic (exact) mass is 297 g/mol. The molecule has 0 fully saturated rings. The smallest absolute Gasteiger partial charge is 0.0401 e. The summed E-state index contributed by atoms with van der Waals surface area (Å²) in [5, 5.41) is 0. The molecule has 0 aliphatic carbocycles. The minimum atomic E-state index is 1.13. The lowest BCUT2D eigenvalue weighted by atomic mass is 10.2. The number of hydrogen-bond acceptors (Lipinski definition) is 1. The van der Waals surface area contributed by atoms with E-state index in [-0.39, 0.29) is 0 Å². The summed E-state index contributed by atoms with van der Waals surface area (Å²) < 4.78 is 0. The Balaban J connectivity index is -0.000000102. The second kappa shape index (κ2) is 27.5. The largest absolute Gasteiger partial charge is 0.261 e. The van der Waals surface area contributed by atoms with Gasteiger partial charge in [-0.3, -0.25) is 4.98 Å². The highest BCUT2D eigenvalue weighted by molar-refractivity contribution is 5.21. The van der Waals surface area contributed by atoms with E-state index in [2.05, 4.69) is 66.4 Å². The summed E-state index contributed by atoms with van der Waals surface area (Å²) in [4.78, 5) is 4.18. The van der Waals surface area contributed by atoms with Crippen molar-refractivity contribution in [3.05, 3.63) is 29.1 Å². The second-order valence-corrected chi connectivity index (χ2v) is 4.83. The van der Waals surface area contributed by atoms with Crippen LogP contribution < -0.4 is 0 Å². The third-order valence-electron chi connectivity index (χ3n) is 1.98. The molecule has 0 saturated heterocycles. The SMILES string of the molecule is CC.CCC.CCC.CCCC.Cc1cnc(C)c(C)c1. The Bertz CT molecular complexity index is 263. The van der Waals surface area contributed by atoms with Gasteiger partial charge in [0.05, 0.1) is 0 Å². The number of aryl methyl sites for hydroxylation is 3. The molecule has 0 spiro atoms. The summed E-state index contributed by atoms with van der Waals surface area (Å²) in [7, 11) is 0. The first kappa shape index (κ1) is 28.3. The molecule has 0 N–H and O–H groups in total. The topological polar surface area (TPSA) is 12.9 Å². The molecule has 21 heavy (non-hydrogen) atoms. The van der Waals surface area contributed by atoms with Crippen LogP contribution >= 0.6 is 0 Å². The molecule has 0 saturated carbocycles. The average Bonchev–Trinajstić information content (AvgIpc) is 2.47. The maximum absolute atomic E-state index is 4.18. The van der Waals surface area contributed by atoms with Crippen LogP contribution in [0, 0.1) is 20.8 Å². The molecule has 1 nitrogen and oxygen atoms in total. The van der Waals surface area contributed by atoms with Gasteiger partial charge in [-0.05, 0) is 31.9 Å². The molecule has 0 atom stereocenters. The molecular formula is C20H43N. The summed E-state index contributed by atoms with van der Waals surface area (Å²) in [5.74, 6) is 0. The Hall–Kier alpha value is -0.850. The predicted octanol–water partition coefficient (Wildman–Crippen LogP) is 7.67. The van der Waals surface area contributed by atoms with E-state index in [1.165, 1.54) is 36.8 Å². The first-order valence-corrected chi connectivity index (χ1v) is 8.84. The number of hydrogen-bond donors (Lipinski definition) is 0. The van der Waals surface area contributed by atoms with Gasteiger partial charge < -0.3 is 0 Å². The fourth-order valence-electron chi connectivity index (χ4n) is 0.784. The minimum absolute atomic E-state index is 1.13. The first-order valence-electron chi connectivity index (χ1n) is 8.84. The van der Waals surface area contributed by atoms with E-state index in [1.807, 2.05) is 27.0 Å². The summed E-state index contributed by atoms with van der Waals surface area (Å²) in [6.45, 7) is 23.0. The zero-order chi connectivity index (χ0) is 17.7. The number of rotatable bonds is 1. The zero-order valence-electron chi connectivity index (χ0n) is 16.9. The molecule has 0 amide bonds. The molecule has 0 aliphatic heterocycles. The second-order valence-electron chi connectivity index (χ2n) is 4.83. The molecule has 0 aromatic carbocycles. The van der Waals surface area contributed by atoms with Crippen LogP contribution in [0.15, 0.2) is 12.3 Å². The Morgan fingerprint density at radius 2 is 1.10 bits per heavy atom. The Morgan fingerprint density at radius 1 is 0.762 bits per heavy atom. The molecule has 1 rings (SSSR count). The third kappa shape index (κ3) is 32.6. The van der Waals surface area contributed by atoms with Gasteiger partial charge in [0.25, 0.3) is 0 Å². The summed E-state index contributed by atoms with van der Waals surface area (Å²) >= 11 is 0. The first-order chi connectivity index (χ1) is 9.94. The van der Waals surface area contributed by atoms with Gasteiger partial charge in [0.1, 0.15) is 0 Å². The van der Waals surface area contributed by atoms with Crippen molar-refractivity contribution in [2.75, 3.05) is 0 Å². The minimum Gasteiger partial charge on any atom is -0.261 e. The molecule has 1 aromatic heterocycles. The molecule has 0 radical (unpaired) electrons. The van der Waals surface area contributed by atoms with Gasteiger partial charge in [0.15, 0.2) is 0 Å². The summed E-state index contributed by atoms with van der Waals surface area (Å²) in [6.07, 6.45) is 7.03. The van der Waals surface area contributed by atoms with Gasteiger partial charge in [-0.2, -0.15) is 0 Å². The van der Waals surface area contributed by atoms with Crippen molar-refractivity contribution in [1.82, 2.24) is 4.98 Å². The molecule has 1 heteroatoms. The fraction of sp³-hybridized carbons (Fsp3) is 0.750. The van der Waals surface area contributed by atoms with Crippen molar-refractivity contribution in [3.8, 4) is 0 Å². The van der Waals surface area contributed by atoms with Crippen molar-refractivity contribution in [2.45, 2.75) is 102 Å². The van der Waals surface area contributed by atoms with Crippen LogP contribution in [0.2, 0.25) is 0 Å². The molecule has 0 aliphatic rings. The summed E-state index contributed by atoms with van der Waals surface area (Å²) in [5.41, 5.74) is 3.63. The fourth-order valence-corrected chi connectivity index (χ4v) is 0.784. The molecule has 0 bridgehead atoms. The van der Waals surface area contributed by atoms with Crippen LogP contribution in [0.1, 0.15) is 97.9 Å². The van der Waals surface area contributed by atoms with E-state index in [9.17, 15) is 0 Å². The van der Waals surface area contributed by atoms with Gasteiger partial charge in [-0.25, -0.2) is 0 Å². The number of aromatic nitrogens is 1.